The van der Waals surface area contributed by atoms with Gasteiger partial charge >= 0.3 is 0 Å². The van der Waals surface area contributed by atoms with E-state index in [9.17, 15) is 9.90 Å². The lowest BCUT2D eigenvalue weighted by molar-refractivity contribution is 0.0939. The van der Waals surface area contributed by atoms with Crippen LogP contribution in [-0.4, -0.2) is 29.1 Å². The van der Waals surface area contributed by atoms with Gasteiger partial charge in [-0.25, -0.2) is 0 Å². The highest BCUT2D eigenvalue weighted by Gasteiger charge is 2.10. The molecule has 0 spiro atoms. The molecule has 0 saturated heterocycles. The Balaban J connectivity index is 2.60. The Labute approximate surface area is 107 Å². The molecule has 1 aromatic rings. The quantitative estimate of drug-likeness (QED) is 0.848. The number of hydrogen-bond acceptors (Lipinski definition) is 3. The zero-order valence-corrected chi connectivity index (χ0v) is 11.3. The molecule has 0 aliphatic carbocycles. The van der Waals surface area contributed by atoms with Gasteiger partial charge in [0, 0.05) is 11.6 Å². The SMILES string of the molecule is CSCCC(C)NC(=O)c1ccc(C)c(O)c1. The summed E-state index contributed by atoms with van der Waals surface area (Å²) in [6.07, 6.45) is 3.00. The number of benzene rings is 1. The fraction of sp³-hybridized carbons (Fsp3) is 0.462. The van der Waals surface area contributed by atoms with Crippen molar-refractivity contribution < 1.29 is 9.90 Å². The van der Waals surface area contributed by atoms with Crippen LogP contribution in [0.15, 0.2) is 18.2 Å². The summed E-state index contributed by atoms with van der Waals surface area (Å²) in [6.45, 7) is 3.79. The summed E-state index contributed by atoms with van der Waals surface area (Å²) in [5.74, 6) is 1.06. The Kier molecular flexibility index (Phi) is 5.35. The van der Waals surface area contributed by atoms with E-state index in [0.717, 1.165) is 17.7 Å². The smallest absolute Gasteiger partial charge is 0.251 e. The van der Waals surface area contributed by atoms with Crippen LogP contribution in [0.1, 0.15) is 29.3 Å². The van der Waals surface area contributed by atoms with E-state index in [4.69, 9.17) is 0 Å². The summed E-state index contributed by atoms with van der Waals surface area (Å²) in [5.41, 5.74) is 1.28. The molecule has 1 aromatic carbocycles. The Hall–Kier alpha value is -1.16. The highest BCUT2D eigenvalue weighted by molar-refractivity contribution is 7.98. The molecule has 1 rings (SSSR count). The maximum Gasteiger partial charge on any atom is 0.251 e. The summed E-state index contributed by atoms with van der Waals surface area (Å²) >= 11 is 1.77. The van der Waals surface area contributed by atoms with Crippen LogP contribution >= 0.6 is 11.8 Å². The first kappa shape index (κ1) is 13.9. The molecule has 0 fully saturated rings. The van der Waals surface area contributed by atoms with Gasteiger partial charge in [0.1, 0.15) is 5.75 Å². The van der Waals surface area contributed by atoms with Crippen molar-refractivity contribution in [3.63, 3.8) is 0 Å². The largest absolute Gasteiger partial charge is 0.508 e. The summed E-state index contributed by atoms with van der Waals surface area (Å²) in [4.78, 5) is 11.9. The normalized spacial score (nSPS) is 12.2. The van der Waals surface area contributed by atoms with Crippen molar-refractivity contribution in [2.45, 2.75) is 26.3 Å². The number of aryl methyl sites for hydroxylation is 1. The van der Waals surface area contributed by atoms with Gasteiger partial charge in [-0.1, -0.05) is 6.07 Å². The summed E-state index contributed by atoms with van der Waals surface area (Å²) in [5, 5.41) is 12.5. The molecule has 1 atom stereocenters. The second-order valence-electron chi connectivity index (χ2n) is 4.16. The lowest BCUT2D eigenvalue weighted by atomic mass is 10.1. The van der Waals surface area contributed by atoms with Crippen molar-refractivity contribution in [1.82, 2.24) is 5.32 Å². The van der Waals surface area contributed by atoms with Gasteiger partial charge in [-0.15, -0.1) is 0 Å². The third-order valence-electron chi connectivity index (χ3n) is 2.60. The third-order valence-corrected chi connectivity index (χ3v) is 3.25. The Morgan fingerprint density at radius 2 is 2.24 bits per heavy atom. The summed E-state index contributed by atoms with van der Waals surface area (Å²) in [6, 6.07) is 5.13. The van der Waals surface area contributed by atoms with E-state index in [1.165, 1.54) is 6.07 Å². The van der Waals surface area contributed by atoms with Gasteiger partial charge in [-0.3, -0.25) is 4.79 Å². The Morgan fingerprint density at radius 1 is 1.53 bits per heavy atom. The third kappa shape index (κ3) is 4.30. The minimum atomic E-state index is -0.131. The van der Waals surface area contributed by atoms with E-state index in [-0.39, 0.29) is 17.7 Å². The van der Waals surface area contributed by atoms with Crippen molar-refractivity contribution in [1.29, 1.82) is 0 Å². The number of carbonyl (C=O) groups excluding carboxylic acids is 1. The maximum absolute atomic E-state index is 11.9. The van der Waals surface area contributed by atoms with Crippen molar-refractivity contribution in [2.75, 3.05) is 12.0 Å². The van der Waals surface area contributed by atoms with E-state index >= 15 is 0 Å². The van der Waals surface area contributed by atoms with Crippen LogP contribution in [0, 0.1) is 6.92 Å². The monoisotopic (exact) mass is 253 g/mol. The van der Waals surface area contributed by atoms with Gasteiger partial charge < -0.3 is 10.4 Å². The van der Waals surface area contributed by atoms with Crippen LogP contribution in [0.5, 0.6) is 5.75 Å². The van der Waals surface area contributed by atoms with Crippen LogP contribution in [0.2, 0.25) is 0 Å². The highest BCUT2D eigenvalue weighted by Crippen LogP contribution is 2.17. The van der Waals surface area contributed by atoms with E-state index in [2.05, 4.69) is 5.32 Å². The predicted molar refractivity (Wildman–Crippen MR) is 72.8 cm³/mol. The lowest BCUT2D eigenvalue weighted by Crippen LogP contribution is -2.32. The molecule has 0 aromatic heterocycles. The van der Waals surface area contributed by atoms with Crippen LogP contribution in [0.25, 0.3) is 0 Å². The zero-order chi connectivity index (χ0) is 12.8. The van der Waals surface area contributed by atoms with Crippen molar-refractivity contribution in [3.05, 3.63) is 29.3 Å². The van der Waals surface area contributed by atoms with Gasteiger partial charge in [-0.2, -0.15) is 11.8 Å². The fourth-order valence-corrected chi connectivity index (χ4v) is 2.01. The van der Waals surface area contributed by atoms with Crippen LogP contribution < -0.4 is 5.32 Å². The predicted octanol–water partition coefficient (Wildman–Crippen LogP) is 2.57. The Morgan fingerprint density at radius 3 is 2.82 bits per heavy atom. The number of phenolic OH excluding ortho intramolecular Hbond substituents is 1. The first-order chi connectivity index (χ1) is 8.04. The lowest BCUT2D eigenvalue weighted by Gasteiger charge is -2.13. The minimum absolute atomic E-state index is 0.131. The molecular weight excluding hydrogens is 234 g/mol. The number of carbonyl (C=O) groups is 1. The average molecular weight is 253 g/mol. The van der Waals surface area contributed by atoms with Crippen LogP contribution in [0.4, 0.5) is 0 Å². The van der Waals surface area contributed by atoms with Crippen LogP contribution in [0.3, 0.4) is 0 Å². The van der Waals surface area contributed by atoms with Gasteiger partial charge in [-0.05, 0) is 50.0 Å². The van der Waals surface area contributed by atoms with Crippen LogP contribution in [-0.2, 0) is 0 Å². The standard InChI is InChI=1S/C13H19NO2S/c1-9-4-5-11(8-12(9)15)13(16)14-10(2)6-7-17-3/h4-5,8,10,15H,6-7H2,1-3H3,(H,14,16). The first-order valence-corrected chi connectivity index (χ1v) is 7.03. The molecule has 0 bridgehead atoms. The van der Waals surface area contributed by atoms with E-state index in [1.54, 1.807) is 30.8 Å². The molecule has 17 heavy (non-hydrogen) atoms. The minimum Gasteiger partial charge on any atom is -0.508 e. The number of hydrogen-bond donors (Lipinski definition) is 2. The van der Waals surface area contributed by atoms with Crippen molar-refractivity contribution >= 4 is 17.7 Å². The molecule has 3 nitrogen and oxygen atoms in total. The van der Waals surface area contributed by atoms with E-state index in [0.29, 0.717) is 5.56 Å². The first-order valence-electron chi connectivity index (χ1n) is 5.64. The molecular formula is C13H19NO2S. The second-order valence-corrected chi connectivity index (χ2v) is 5.14. The fourth-order valence-electron chi connectivity index (χ4n) is 1.42. The number of amides is 1. The molecule has 1 amide bonds. The molecule has 0 aliphatic rings. The van der Waals surface area contributed by atoms with E-state index < -0.39 is 0 Å². The molecule has 94 valence electrons. The van der Waals surface area contributed by atoms with Gasteiger partial charge in [0.25, 0.3) is 5.91 Å². The molecule has 0 aliphatic heterocycles. The molecule has 4 heteroatoms. The number of nitrogens with one attached hydrogen (secondary N) is 1. The molecule has 1 unspecified atom stereocenters. The summed E-state index contributed by atoms with van der Waals surface area (Å²) < 4.78 is 0. The van der Waals surface area contributed by atoms with Crippen molar-refractivity contribution in [2.24, 2.45) is 0 Å². The number of aromatic hydroxyl groups is 1. The highest BCUT2D eigenvalue weighted by atomic mass is 32.2. The number of thioether (sulfide) groups is 1. The van der Waals surface area contributed by atoms with Gasteiger partial charge in [0.15, 0.2) is 0 Å². The Bertz CT molecular complexity index is 393. The van der Waals surface area contributed by atoms with E-state index in [1.807, 2.05) is 13.2 Å². The second kappa shape index (κ2) is 6.55. The number of rotatable bonds is 5. The van der Waals surface area contributed by atoms with Gasteiger partial charge in [0.2, 0.25) is 0 Å². The summed E-state index contributed by atoms with van der Waals surface area (Å²) in [7, 11) is 0. The topological polar surface area (TPSA) is 49.3 Å². The van der Waals surface area contributed by atoms with Gasteiger partial charge in [0.05, 0.1) is 0 Å². The maximum atomic E-state index is 11.9. The average Bonchev–Trinajstić information content (AvgIpc) is 2.30. The molecule has 0 saturated carbocycles. The molecule has 0 heterocycles. The molecule has 0 radical (unpaired) electrons. The van der Waals surface area contributed by atoms with Crippen molar-refractivity contribution in [3.8, 4) is 5.75 Å². The zero-order valence-electron chi connectivity index (χ0n) is 10.5. The molecule has 2 N–H and O–H groups in total. The number of phenols is 1.